The van der Waals surface area contributed by atoms with E-state index in [1.54, 1.807) is 13.1 Å². The van der Waals surface area contributed by atoms with Gasteiger partial charge in [0.25, 0.3) is 5.92 Å². The SMILES string of the molecule is CC(N)C(F)(F)c1ccc2c(c1)CCC(=O)N2C. The van der Waals surface area contributed by atoms with Crippen molar-refractivity contribution in [2.75, 3.05) is 11.9 Å². The smallest absolute Gasteiger partial charge is 0.287 e. The average molecular weight is 254 g/mol. The number of alkyl halides is 2. The lowest BCUT2D eigenvalue weighted by Gasteiger charge is -2.28. The number of amides is 1. The Kier molecular flexibility index (Phi) is 3.11. The third kappa shape index (κ3) is 1.99. The molecular formula is C13H16F2N2O. The Labute approximate surface area is 105 Å². The van der Waals surface area contributed by atoms with Crippen molar-refractivity contribution in [2.24, 2.45) is 5.73 Å². The molecule has 1 aromatic rings. The summed E-state index contributed by atoms with van der Waals surface area (Å²) in [6.07, 6.45) is 0.859. The van der Waals surface area contributed by atoms with Crippen LogP contribution in [-0.4, -0.2) is 19.0 Å². The third-order valence-corrected chi connectivity index (χ3v) is 3.38. The van der Waals surface area contributed by atoms with Crippen molar-refractivity contribution < 1.29 is 13.6 Å². The van der Waals surface area contributed by atoms with Gasteiger partial charge < -0.3 is 10.6 Å². The van der Waals surface area contributed by atoms with E-state index in [2.05, 4.69) is 0 Å². The monoisotopic (exact) mass is 254 g/mol. The van der Waals surface area contributed by atoms with Crippen molar-refractivity contribution in [1.29, 1.82) is 0 Å². The first-order valence-electron chi connectivity index (χ1n) is 5.87. The highest BCUT2D eigenvalue weighted by atomic mass is 19.3. The molecule has 5 heteroatoms. The first-order valence-corrected chi connectivity index (χ1v) is 5.87. The molecule has 2 rings (SSSR count). The Morgan fingerprint density at radius 2 is 2.06 bits per heavy atom. The lowest BCUT2D eigenvalue weighted by atomic mass is 9.95. The van der Waals surface area contributed by atoms with E-state index in [0.717, 1.165) is 5.56 Å². The van der Waals surface area contributed by atoms with Gasteiger partial charge in [0.2, 0.25) is 5.91 Å². The van der Waals surface area contributed by atoms with Gasteiger partial charge in [-0.05, 0) is 31.0 Å². The van der Waals surface area contributed by atoms with Crippen molar-refractivity contribution >= 4 is 11.6 Å². The van der Waals surface area contributed by atoms with E-state index < -0.39 is 12.0 Å². The Morgan fingerprint density at radius 3 is 2.67 bits per heavy atom. The Bertz CT molecular complexity index is 486. The molecule has 0 spiro atoms. The molecule has 1 unspecified atom stereocenters. The average Bonchev–Trinajstić information content (AvgIpc) is 2.33. The van der Waals surface area contributed by atoms with E-state index in [4.69, 9.17) is 5.73 Å². The Hall–Kier alpha value is -1.49. The van der Waals surface area contributed by atoms with E-state index in [1.807, 2.05) is 0 Å². The van der Waals surface area contributed by atoms with Gasteiger partial charge >= 0.3 is 0 Å². The molecule has 2 N–H and O–H groups in total. The second-order valence-electron chi connectivity index (χ2n) is 4.71. The zero-order chi connectivity index (χ0) is 13.5. The van der Waals surface area contributed by atoms with Crippen molar-refractivity contribution in [2.45, 2.75) is 31.7 Å². The zero-order valence-corrected chi connectivity index (χ0v) is 10.4. The van der Waals surface area contributed by atoms with Crippen LogP contribution >= 0.6 is 0 Å². The molecule has 98 valence electrons. The first-order chi connectivity index (χ1) is 8.34. The maximum absolute atomic E-state index is 13.8. The maximum atomic E-state index is 13.8. The predicted octanol–water partition coefficient (Wildman–Crippen LogP) is 2.03. The number of rotatable bonds is 2. The number of hydrogen-bond donors (Lipinski definition) is 1. The molecule has 0 aliphatic carbocycles. The second kappa shape index (κ2) is 4.31. The molecule has 0 saturated carbocycles. The van der Waals surface area contributed by atoms with Crippen LogP contribution in [0, 0.1) is 0 Å². The van der Waals surface area contributed by atoms with E-state index in [9.17, 15) is 13.6 Å². The number of carbonyl (C=O) groups is 1. The summed E-state index contributed by atoms with van der Waals surface area (Å²) >= 11 is 0. The third-order valence-electron chi connectivity index (χ3n) is 3.38. The largest absolute Gasteiger partial charge is 0.323 e. The Balaban J connectivity index is 2.43. The molecule has 0 fully saturated rings. The maximum Gasteiger partial charge on any atom is 0.287 e. The summed E-state index contributed by atoms with van der Waals surface area (Å²) in [4.78, 5) is 13.0. The number of carbonyl (C=O) groups excluding carboxylic acids is 1. The van der Waals surface area contributed by atoms with Crippen LogP contribution in [0.15, 0.2) is 18.2 Å². The minimum Gasteiger partial charge on any atom is -0.323 e. The fourth-order valence-electron chi connectivity index (χ4n) is 2.13. The molecule has 0 aromatic heterocycles. The summed E-state index contributed by atoms with van der Waals surface area (Å²) in [5.41, 5.74) is 6.71. The minimum absolute atomic E-state index is 0.00852. The quantitative estimate of drug-likeness (QED) is 0.877. The number of nitrogens with zero attached hydrogens (tertiary/aromatic N) is 1. The lowest BCUT2D eigenvalue weighted by molar-refractivity contribution is -0.118. The van der Waals surface area contributed by atoms with Gasteiger partial charge in [-0.2, -0.15) is 8.78 Å². The standard InChI is InChI=1S/C13H16F2N2O/c1-8(16)13(14,15)10-4-5-11-9(7-10)3-6-12(18)17(11)2/h4-5,7-8H,3,6,16H2,1-2H3. The molecule has 3 nitrogen and oxygen atoms in total. The van der Waals surface area contributed by atoms with Crippen LogP contribution in [0.25, 0.3) is 0 Å². The van der Waals surface area contributed by atoms with E-state index in [-0.39, 0.29) is 11.5 Å². The number of anilines is 1. The van der Waals surface area contributed by atoms with Crippen molar-refractivity contribution in [3.63, 3.8) is 0 Å². The van der Waals surface area contributed by atoms with Gasteiger partial charge in [-0.25, -0.2) is 0 Å². The molecule has 1 aromatic carbocycles. The summed E-state index contributed by atoms with van der Waals surface area (Å²) in [7, 11) is 1.66. The predicted molar refractivity (Wildman–Crippen MR) is 65.7 cm³/mol. The van der Waals surface area contributed by atoms with Crippen LogP contribution in [0.4, 0.5) is 14.5 Å². The van der Waals surface area contributed by atoms with Crippen molar-refractivity contribution in [3.05, 3.63) is 29.3 Å². The van der Waals surface area contributed by atoms with Gasteiger partial charge in [0, 0.05) is 24.7 Å². The zero-order valence-electron chi connectivity index (χ0n) is 10.4. The number of aryl methyl sites for hydroxylation is 1. The number of halogens is 2. The van der Waals surface area contributed by atoms with Crippen molar-refractivity contribution in [3.8, 4) is 0 Å². The van der Waals surface area contributed by atoms with Gasteiger partial charge in [-0.15, -0.1) is 0 Å². The highest BCUT2D eigenvalue weighted by molar-refractivity contribution is 5.95. The normalized spacial score (nSPS) is 17.6. The number of nitrogens with two attached hydrogens (primary N) is 1. The molecular weight excluding hydrogens is 238 g/mol. The van der Waals surface area contributed by atoms with Crippen LogP contribution in [0.1, 0.15) is 24.5 Å². The molecule has 0 bridgehead atoms. The number of benzene rings is 1. The van der Waals surface area contributed by atoms with Gasteiger partial charge in [0.1, 0.15) is 0 Å². The summed E-state index contributed by atoms with van der Waals surface area (Å²) < 4.78 is 27.6. The van der Waals surface area contributed by atoms with E-state index in [0.29, 0.717) is 18.5 Å². The van der Waals surface area contributed by atoms with Gasteiger partial charge in [-0.3, -0.25) is 4.79 Å². The summed E-state index contributed by atoms with van der Waals surface area (Å²) in [6.45, 7) is 1.29. The fraction of sp³-hybridized carbons (Fsp3) is 0.462. The van der Waals surface area contributed by atoms with Crippen molar-refractivity contribution in [1.82, 2.24) is 0 Å². The molecule has 0 radical (unpaired) electrons. The molecule has 1 amide bonds. The van der Waals surface area contributed by atoms with Gasteiger partial charge in [0.15, 0.2) is 0 Å². The molecule has 1 aliphatic rings. The first kappa shape index (κ1) is 13.0. The van der Waals surface area contributed by atoms with Crippen LogP contribution < -0.4 is 10.6 Å². The highest BCUT2D eigenvalue weighted by Crippen LogP contribution is 2.35. The van der Waals surface area contributed by atoms with E-state index in [1.165, 1.54) is 24.0 Å². The Morgan fingerprint density at radius 1 is 1.39 bits per heavy atom. The number of fused-ring (bicyclic) bond motifs is 1. The highest BCUT2D eigenvalue weighted by Gasteiger charge is 2.37. The van der Waals surface area contributed by atoms with Crippen LogP contribution in [0.2, 0.25) is 0 Å². The fourth-order valence-corrected chi connectivity index (χ4v) is 2.13. The lowest BCUT2D eigenvalue weighted by Crippen LogP contribution is -2.36. The molecule has 1 atom stereocenters. The molecule has 0 saturated heterocycles. The summed E-state index contributed by atoms with van der Waals surface area (Å²) in [5, 5.41) is 0. The number of hydrogen-bond acceptors (Lipinski definition) is 2. The topological polar surface area (TPSA) is 46.3 Å². The second-order valence-corrected chi connectivity index (χ2v) is 4.71. The minimum atomic E-state index is -3.05. The van der Waals surface area contributed by atoms with Crippen LogP contribution in [0.3, 0.4) is 0 Å². The summed E-state index contributed by atoms with van der Waals surface area (Å²) in [5.74, 6) is -3.04. The van der Waals surface area contributed by atoms with Crippen LogP contribution in [-0.2, 0) is 17.1 Å². The van der Waals surface area contributed by atoms with Gasteiger partial charge in [0.05, 0.1) is 6.04 Å². The summed E-state index contributed by atoms with van der Waals surface area (Å²) in [6, 6.07) is 3.13. The molecule has 18 heavy (non-hydrogen) atoms. The van der Waals surface area contributed by atoms with E-state index >= 15 is 0 Å². The van der Waals surface area contributed by atoms with Crippen LogP contribution in [0.5, 0.6) is 0 Å². The molecule has 1 heterocycles. The molecule has 1 aliphatic heterocycles. The van der Waals surface area contributed by atoms with Gasteiger partial charge in [-0.1, -0.05) is 6.07 Å².